The molecule has 8 heteroatoms. The summed E-state index contributed by atoms with van der Waals surface area (Å²) in [4.78, 5) is 37.2. The molecule has 0 aliphatic heterocycles. The van der Waals surface area contributed by atoms with Crippen molar-refractivity contribution >= 4 is 17.9 Å². The van der Waals surface area contributed by atoms with Gasteiger partial charge in [-0.25, -0.2) is 4.79 Å². The molecule has 8 nitrogen and oxygen atoms in total. The van der Waals surface area contributed by atoms with E-state index < -0.39 is 18.1 Å². The first kappa shape index (κ1) is 60.5. The van der Waals surface area contributed by atoms with Crippen molar-refractivity contribution < 1.29 is 38.2 Å². The van der Waals surface area contributed by atoms with Crippen LogP contribution in [-0.2, 0) is 28.6 Å². The Bertz CT molecular complexity index is 1320. The fourth-order valence-electron chi connectivity index (χ4n) is 7.31. The average Bonchev–Trinajstić information content (AvgIpc) is 3.26. The van der Waals surface area contributed by atoms with Gasteiger partial charge < -0.3 is 23.8 Å². The predicted octanol–water partition coefficient (Wildman–Crippen LogP) is 14.9. The lowest BCUT2D eigenvalue weighted by Crippen LogP contribution is -2.50. The number of esters is 2. The van der Waals surface area contributed by atoms with E-state index in [2.05, 4.69) is 26.0 Å². The Morgan fingerprint density at radius 2 is 0.875 bits per heavy atom. The van der Waals surface area contributed by atoms with Gasteiger partial charge in [-0.15, -0.1) is 0 Å². The second-order valence-corrected chi connectivity index (χ2v) is 18.2. The second kappa shape index (κ2) is 46.1. The van der Waals surface area contributed by atoms with Crippen LogP contribution in [0.3, 0.4) is 0 Å². The molecular weight excluding hydrogens is 799 g/mol. The molecule has 0 aromatic rings. The lowest BCUT2D eigenvalue weighted by atomic mass is 10.0. The molecule has 0 spiro atoms. The average molecular weight is 895 g/mol. The monoisotopic (exact) mass is 895 g/mol. The van der Waals surface area contributed by atoms with Crippen LogP contribution >= 0.6 is 0 Å². The first-order valence-corrected chi connectivity index (χ1v) is 25.7. The molecular formula is C56H96NO7+. The Morgan fingerprint density at radius 3 is 1.30 bits per heavy atom. The number of carbonyl (C=O) groups is 3. The van der Waals surface area contributed by atoms with Crippen LogP contribution in [0.1, 0.15) is 200 Å². The predicted molar refractivity (Wildman–Crippen MR) is 270 cm³/mol. The number of nitrogens with zero attached hydrogens (tertiary/aromatic N) is 1. The van der Waals surface area contributed by atoms with Crippen LogP contribution in [0.4, 0.5) is 0 Å². The molecule has 0 rings (SSSR count). The molecule has 0 aromatic heterocycles. The Labute approximate surface area is 393 Å². The van der Waals surface area contributed by atoms with E-state index in [0.717, 1.165) is 44.9 Å². The minimum absolute atomic E-state index is 0.0392. The summed E-state index contributed by atoms with van der Waals surface area (Å²) in [6.45, 7) is 4.56. The standard InChI is InChI=1S/C56H95NO7/c1-6-8-10-12-14-16-18-20-22-24-26-27-29-30-32-34-36-38-40-42-44-46-54(58)63-51-52(50-62-49-48-53(56(60)61)57(3,4)5)64-55(59)47-45-43-41-39-37-35-33-31-28-25-23-21-19-17-15-13-11-9-7-2/h9,11,13,15,17,19,21,23,25,28,31,33,35,37,52-53H,6-8,10,12,14,16,18,20,22,24,26-27,29-30,32,34,36,38-51H2,1-5H3/p+1/b11-9+,15-13+,19-17+,23-21+,28-25+,33-31+,37-35+. The summed E-state index contributed by atoms with van der Waals surface area (Å²) < 4.78 is 17.3. The summed E-state index contributed by atoms with van der Waals surface area (Å²) in [5.74, 6) is -1.53. The van der Waals surface area contributed by atoms with Crippen molar-refractivity contribution in [2.75, 3.05) is 41.0 Å². The van der Waals surface area contributed by atoms with Gasteiger partial charge in [0.25, 0.3) is 0 Å². The van der Waals surface area contributed by atoms with Crippen molar-refractivity contribution in [3.05, 3.63) is 85.1 Å². The molecule has 0 aliphatic rings. The molecule has 64 heavy (non-hydrogen) atoms. The van der Waals surface area contributed by atoms with Crippen LogP contribution < -0.4 is 0 Å². The summed E-state index contributed by atoms with van der Waals surface area (Å²) in [7, 11) is 5.51. The van der Waals surface area contributed by atoms with Crippen LogP contribution in [0.5, 0.6) is 0 Å². The minimum atomic E-state index is -0.885. The summed E-state index contributed by atoms with van der Waals surface area (Å²) in [5, 5.41) is 9.65. The smallest absolute Gasteiger partial charge is 0.362 e. The molecule has 2 unspecified atom stereocenters. The van der Waals surface area contributed by atoms with Gasteiger partial charge in [0.05, 0.1) is 34.4 Å². The highest BCUT2D eigenvalue weighted by Gasteiger charge is 2.31. The number of hydrogen-bond acceptors (Lipinski definition) is 6. The molecule has 0 bridgehead atoms. The maximum absolute atomic E-state index is 12.8. The van der Waals surface area contributed by atoms with Gasteiger partial charge in [-0.2, -0.15) is 0 Å². The number of carboxylic acids is 1. The number of hydrogen-bond donors (Lipinski definition) is 1. The van der Waals surface area contributed by atoms with Crippen LogP contribution in [0.2, 0.25) is 0 Å². The fourth-order valence-corrected chi connectivity index (χ4v) is 7.31. The fraction of sp³-hybridized carbons (Fsp3) is 0.696. The molecule has 2 atom stereocenters. The quantitative estimate of drug-likeness (QED) is 0.0281. The first-order valence-electron chi connectivity index (χ1n) is 25.7. The molecule has 0 saturated heterocycles. The third kappa shape index (κ3) is 43.7. The number of aliphatic carboxylic acids is 1. The maximum atomic E-state index is 12.8. The molecule has 0 amide bonds. The van der Waals surface area contributed by atoms with Gasteiger partial charge in [0.2, 0.25) is 0 Å². The number of allylic oxidation sites excluding steroid dienone is 14. The Morgan fingerprint density at radius 1 is 0.484 bits per heavy atom. The topological polar surface area (TPSA) is 99.1 Å². The minimum Gasteiger partial charge on any atom is -0.477 e. The van der Waals surface area contributed by atoms with Gasteiger partial charge in [0.1, 0.15) is 6.61 Å². The summed E-state index contributed by atoms with van der Waals surface area (Å²) in [6, 6.07) is -0.628. The molecule has 0 radical (unpaired) electrons. The number of quaternary nitrogens is 1. The van der Waals surface area contributed by atoms with E-state index >= 15 is 0 Å². The second-order valence-electron chi connectivity index (χ2n) is 18.2. The largest absolute Gasteiger partial charge is 0.477 e. The van der Waals surface area contributed by atoms with E-state index in [4.69, 9.17) is 14.2 Å². The van der Waals surface area contributed by atoms with E-state index in [-0.39, 0.29) is 42.7 Å². The normalized spacial score (nSPS) is 13.6. The summed E-state index contributed by atoms with van der Waals surface area (Å²) in [5.41, 5.74) is 0. The highest BCUT2D eigenvalue weighted by Crippen LogP contribution is 2.16. The number of likely N-dealkylation sites (N-methyl/N-ethyl adjacent to an activating group) is 1. The third-order valence-electron chi connectivity index (χ3n) is 11.3. The first-order chi connectivity index (χ1) is 31.1. The van der Waals surface area contributed by atoms with Gasteiger partial charge in [0, 0.05) is 19.3 Å². The molecule has 0 fully saturated rings. The van der Waals surface area contributed by atoms with Crippen LogP contribution in [0, 0.1) is 0 Å². The van der Waals surface area contributed by atoms with E-state index in [1.54, 1.807) is 0 Å². The number of rotatable bonds is 45. The number of carboxylic acid groups (broad SMARTS) is 1. The van der Waals surface area contributed by atoms with Gasteiger partial charge in [0.15, 0.2) is 12.1 Å². The third-order valence-corrected chi connectivity index (χ3v) is 11.3. The zero-order valence-corrected chi connectivity index (χ0v) is 41.7. The molecule has 0 aromatic carbocycles. The Kier molecular flexibility index (Phi) is 43.5. The van der Waals surface area contributed by atoms with Gasteiger partial charge in [-0.1, -0.05) is 234 Å². The molecule has 0 saturated carbocycles. The summed E-state index contributed by atoms with van der Waals surface area (Å²) >= 11 is 0. The highest BCUT2D eigenvalue weighted by atomic mass is 16.6. The van der Waals surface area contributed by atoms with Gasteiger partial charge >= 0.3 is 17.9 Å². The Balaban J connectivity index is 4.33. The lowest BCUT2D eigenvalue weighted by molar-refractivity contribution is -0.887. The zero-order valence-electron chi connectivity index (χ0n) is 41.7. The number of ether oxygens (including phenoxy) is 3. The maximum Gasteiger partial charge on any atom is 0.362 e. The van der Waals surface area contributed by atoms with Crippen LogP contribution in [0.15, 0.2) is 85.1 Å². The molecule has 0 aliphatic carbocycles. The molecule has 1 N–H and O–H groups in total. The number of unbranched alkanes of at least 4 members (excludes halogenated alkanes) is 23. The van der Waals surface area contributed by atoms with E-state index in [1.165, 1.54) is 116 Å². The van der Waals surface area contributed by atoms with Crippen molar-refractivity contribution in [3.8, 4) is 0 Å². The van der Waals surface area contributed by atoms with Crippen molar-refractivity contribution in [1.82, 2.24) is 0 Å². The number of carbonyl (C=O) groups excluding carboxylic acids is 2. The van der Waals surface area contributed by atoms with Crippen molar-refractivity contribution in [2.45, 2.75) is 212 Å². The van der Waals surface area contributed by atoms with E-state index in [1.807, 2.05) is 94.1 Å². The van der Waals surface area contributed by atoms with E-state index in [9.17, 15) is 19.5 Å². The summed E-state index contributed by atoms with van der Waals surface area (Å²) in [6.07, 6.45) is 60.6. The van der Waals surface area contributed by atoms with Crippen molar-refractivity contribution in [1.29, 1.82) is 0 Å². The van der Waals surface area contributed by atoms with Gasteiger partial charge in [-0.05, 0) is 32.1 Å². The van der Waals surface area contributed by atoms with Crippen LogP contribution in [0.25, 0.3) is 0 Å². The van der Waals surface area contributed by atoms with Crippen molar-refractivity contribution in [2.24, 2.45) is 0 Å². The van der Waals surface area contributed by atoms with Gasteiger partial charge in [-0.3, -0.25) is 9.59 Å². The molecule has 0 heterocycles. The van der Waals surface area contributed by atoms with E-state index in [0.29, 0.717) is 19.3 Å². The lowest BCUT2D eigenvalue weighted by Gasteiger charge is -2.31. The zero-order chi connectivity index (χ0) is 47.0. The van der Waals surface area contributed by atoms with Crippen molar-refractivity contribution in [3.63, 3.8) is 0 Å². The Hall–Kier alpha value is -3.49. The highest BCUT2D eigenvalue weighted by molar-refractivity contribution is 5.72. The molecule has 366 valence electrons. The van der Waals surface area contributed by atoms with Crippen LogP contribution in [-0.4, -0.2) is 80.6 Å². The SMILES string of the molecule is CC/C=C/C=C/C=C/C=C/C=C/C=C/C=C/CCCCCC(=O)OC(COCCC(C(=O)O)[N+](C)(C)C)COC(=O)CCCCCCCCCCCCCCCCCCCCCCC.